The SMILES string of the molecule is CCn1ccc(C(=O)Nc2sc3c(c2C(=O)OC)CCC(C(C)(C)C)C3)n1. The van der Waals surface area contributed by atoms with Gasteiger partial charge in [0.05, 0.1) is 12.7 Å². The number of nitrogens with zero attached hydrogens (tertiary/aromatic N) is 2. The summed E-state index contributed by atoms with van der Waals surface area (Å²) in [6.07, 6.45) is 4.56. The third kappa shape index (κ3) is 3.93. The average Bonchev–Trinajstić information content (AvgIpc) is 3.23. The fraction of sp³-hybridized carbons (Fsp3) is 0.550. The van der Waals surface area contributed by atoms with Crippen molar-refractivity contribution in [2.75, 3.05) is 12.4 Å². The number of amides is 1. The van der Waals surface area contributed by atoms with Crippen LogP contribution in [0.5, 0.6) is 0 Å². The van der Waals surface area contributed by atoms with Crippen LogP contribution in [0.2, 0.25) is 0 Å². The van der Waals surface area contributed by atoms with Crippen LogP contribution < -0.4 is 5.32 Å². The van der Waals surface area contributed by atoms with E-state index < -0.39 is 5.97 Å². The summed E-state index contributed by atoms with van der Waals surface area (Å²) in [4.78, 5) is 26.2. The number of anilines is 1. The molecule has 3 rings (SSSR count). The minimum absolute atomic E-state index is 0.212. The van der Waals surface area contributed by atoms with Crippen LogP contribution in [0, 0.1) is 11.3 Å². The lowest BCUT2D eigenvalue weighted by Gasteiger charge is -2.33. The number of thiophene rings is 1. The average molecular weight is 390 g/mol. The zero-order valence-corrected chi connectivity index (χ0v) is 17.4. The van der Waals surface area contributed by atoms with Crippen LogP contribution in [-0.4, -0.2) is 28.8 Å². The van der Waals surface area contributed by atoms with Gasteiger partial charge in [0.2, 0.25) is 0 Å². The molecule has 6 nitrogen and oxygen atoms in total. The van der Waals surface area contributed by atoms with Crippen molar-refractivity contribution in [2.45, 2.75) is 53.5 Å². The summed E-state index contributed by atoms with van der Waals surface area (Å²) < 4.78 is 6.70. The molecule has 1 aliphatic rings. The second-order valence-corrected chi connectivity index (χ2v) is 9.12. The Kier molecular flexibility index (Phi) is 5.42. The first-order valence-electron chi connectivity index (χ1n) is 9.32. The smallest absolute Gasteiger partial charge is 0.341 e. The molecule has 0 fully saturated rings. The molecule has 2 aromatic rings. The standard InChI is InChI=1S/C20H27N3O3S/c1-6-23-10-9-14(22-23)17(24)21-18-16(19(25)26-5)13-8-7-12(20(2,3)4)11-15(13)27-18/h9-10,12H,6-8,11H2,1-5H3,(H,21,24). The number of hydrogen-bond acceptors (Lipinski definition) is 5. The Bertz CT molecular complexity index is 860. The highest BCUT2D eigenvalue weighted by atomic mass is 32.1. The molecule has 27 heavy (non-hydrogen) atoms. The van der Waals surface area contributed by atoms with Gasteiger partial charge in [-0.3, -0.25) is 9.48 Å². The Balaban J connectivity index is 1.92. The lowest BCUT2D eigenvalue weighted by Crippen LogP contribution is -2.26. The van der Waals surface area contributed by atoms with Gasteiger partial charge >= 0.3 is 5.97 Å². The van der Waals surface area contributed by atoms with E-state index in [0.717, 1.165) is 24.8 Å². The highest BCUT2D eigenvalue weighted by molar-refractivity contribution is 7.17. The van der Waals surface area contributed by atoms with Crippen molar-refractivity contribution < 1.29 is 14.3 Å². The molecule has 0 bridgehead atoms. The van der Waals surface area contributed by atoms with Gasteiger partial charge in [-0.2, -0.15) is 5.10 Å². The molecule has 0 spiro atoms. The first-order chi connectivity index (χ1) is 12.7. The lowest BCUT2D eigenvalue weighted by atomic mass is 9.72. The van der Waals surface area contributed by atoms with Crippen LogP contribution in [0.4, 0.5) is 5.00 Å². The molecule has 1 atom stereocenters. The van der Waals surface area contributed by atoms with Gasteiger partial charge in [-0.15, -0.1) is 11.3 Å². The number of aryl methyl sites for hydroxylation is 1. The van der Waals surface area contributed by atoms with E-state index in [-0.39, 0.29) is 11.3 Å². The Morgan fingerprint density at radius 3 is 2.74 bits per heavy atom. The Morgan fingerprint density at radius 2 is 2.15 bits per heavy atom. The van der Waals surface area contributed by atoms with Crippen LogP contribution in [0.3, 0.4) is 0 Å². The summed E-state index contributed by atoms with van der Waals surface area (Å²) in [7, 11) is 1.38. The van der Waals surface area contributed by atoms with Crippen LogP contribution in [0.1, 0.15) is 65.4 Å². The van der Waals surface area contributed by atoms with E-state index in [1.54, 1.807) is 16.9 Å². The lowest BCUT2D eigenvalue weighted by molar-refractivity contribution is 0.0600. The van der Waals surface area contributed by atoms with E-state index in [2.05, 4.69) is 31.2 Å². The number of rotatable bonds is 4. The van der Waals surface area contributed by atoms with Gasteiger partial charge in [-0.1, -0.05) is 20.8 Å². The van der Waals surface area contributed by atoms with Crippen LogP contribution in [0.15, 0.2) is 12.3 Å². The number of aromatic nitrogens is 2. The predicted molar refractivity (Wildman–Crippen MR) is 106 cm³/mol. The van der Waals surface area contributed by atoms with Gasteiger partial charge < -0.3 is 10.1 Å². The molecule has 1 unspecified atom stereocenters. The number of carbonyl (C=O) groups excluding carboxylic acids is 2. The number of carbonyl (C=O) groups is 2. The first-order valence-corrected chi connectivity index (χ1v) is 10.1. The van der Waals surface area contributed by atoms with Crippen molar-refractivity contribution in [2.24, 2.45) is 11.3 Å². The zero-order valence-electron chi connectivity index (χ0n) is 16.6. The van der Waals surface area contributed by atoms with Crippen LogP contribution in [0.25, 0.3) is 0 Å². The summed E-state index contributed by atoms with van der Waals surface area (Å²) in [5, 5.41) is 7.70. The molecule has 0 radical (unpaired) electrons. The van der Waals surface area contributed by atoms with E-state index in [1.807, 2.05) is 6.92 Å². The maximum atomic E-state index is 12.6. The molecular weight excluding hydrogens is 362 g/mol. The normalized spacial score (nSPS) is 16.7. The van der Waals surface area contributed by atoms with E-state index in [9.17, 15) is 9.59 Å². The van der Waals surface area contributed by atoms with Crippen molar-refractivity contribution >= 4 is 28.2 Å². The van der Waals surface area contributed by atoms with Crippen molar-refractivity contribution in [3.8, 4) is 0 Å². The summed E-state index contributed by atoms with van der Waals surface area (Å²) in [6.45, 7) is 9.42. The molecule has 2 heterocycles. The summed E-state index contributed by atoms with van der Waals surface area (Å²) in [5.41, 5.74) is 2.09. The van der Waals surface area contributed by atoms with Gasteiger partial charge in [-0.25, -0.2) is 4.79 Å². The Morgan fingerprint density at radius 1 is 1.41 bits per heavy atom. The van der Waals surface area contributed by atoms with E-state index >= 15 is 0 Å². The second kappa shape index (κ2) is 7.46. The number of ether oxygens (including phenoxy) is 1. The van der Waals surface area contributed by atoms with Crippen molar-refractivity contribution in [1.29, 1.82) is 0 Å². The fourth-order valence-electron chi connectivity index (χ4n) is 3.56. The molecule has 146 valence electrons. The number of nitrogens with one attached hydrogen (secondary N) is 1. The van der Waals surface area contributed by atoms with Gasteiger partial charge in [0, 0.05) is 17.6 Å². The monoisotopic (exact) mass is 389 g/mol. The predicted octanol–water partition coefficient (Wildman–Crippen LogP) is 4.15. The van der Waals surface area contributed by atoms with Crippen molar-refractivity contribution in [3.63, 3.8) is 0 Å². The summed E-state index contributed by atoms with van der Waals surface area (Å²) in [5.74, 6) is -0.146. The third-order valence-corrected chi connectivity index (χ3v) is 6.47. The van der Waals surface area contributed by atoms with Crippen LogP contribution >= 0.6 is 11.3 Å². The van der Waals surface area contributed by atoms with Crippen molar-refractivity contribution in [3.05, 3.63) is 34.0 Å². The molecule has 0 aliphatic heterocycles. The Labute approximate surface area is 163 Å². The first kappa shape index (κ1) is 19.6. The molecule has 2 aromatic heterocycles. The zero-order chi connectivity index (χ0) is 19.8. The second-order valence-electron chi connectivity index (χ2n) is 8.02. The van der Waals surface area contributed by atoms with Gasteiger partial charge in [0.15, 0.2) is 5.69 Å². The molecule has 0 aromatic carbocycles. The number of esters is 1. The quantitative estimate of drug-likeness (QED) is 0.797. The van der Waals surface area contributed by atoms with E-state index in [4.69, 9.17) is 4.74 Å². The topological polar surface area (TPSA) is 73.2 Å². The molecule has 0 saturated carbocycles. The van der Waals surface area contributed by atoms with Crippen LogP contribution in [-0.2, 0) is 24.1 Å². The molecule has 1 amide bonds. The van der Waals surface area contributed by atoms with Gasteiger partial charge in [-0.05, 0) is 49.1 Å². The third-order valence-electron chi connectivity index (χ3n) is 5.30. The minimum Gasteiger partial charge on any atom is -0.465 e. The molecule has 1 aliphatic carbocycles. The van der Waals surface area contributed by atoms with Crippen molar-refractivity contribution in [1.82, 2.24) is 9.78 Å². The minimum atomic E-state index is -0.393. The largest absolute Gasteiger partial charge is 0.465 e. The molecule has 1 N–H and O–H groups in total. The van der Waals surface area contributed by atoms with E-state index in [1.165, 1.54) is 23.3 Å². The molecule has 7 heteroatoms. The Hall–Kier alpha value is -2.15. The highest BCUT2D eigenvalue weighted by Gasteiger charge is 2.34. The summed E-state index contributed by atoms with van der Waals surface area (Å²) in [6, 6.07) is 1.68. The maximum Gasteiger partial charge on any atom is 0.341 e. The maximum absolute atomic E-state index is 12.6. The number of hydrogen-bond donors (Lipinski definition) is 1. The number of methoxy groups -OCH3 is 1. The van der Waals surface area contributed by atoms with Gasteiger partial charge in [0.1, 0.15) is 5.00 Å². The van der Waals surface area contributed by atoms with E-state index in [0.29, 0.717) is 28.7 Å². The number of fused-ring (bicyclic) bond motifs is 1. The van der Waals surface area contributed by atoms with Gasteiger partial charge in [0.25, 0.3) is 5.91 Å². The summed E-state index contributed by atoms with van der Waals surface area (Å²) >= 11 is 1.49. The molecular formula is C20H27N3O3S. The fourth-order valence-corrected chi connectivity index (χ4v) is 4.87. The highest BCUT2D eigenvalue weighted by Crippen LogP contribution is 2.44. The molecule has 0 saturated heterocycles.